The van der Waals surface area contributed by atoms with E-state index in [1.54, 1.807) is 6.20 Å². The molecule has 1 unspecified atom stereocenters. The van der Waals surface area contributed by atoms with E-state index in [1.165, 1.54) is 11.3 Å². The van der Waals surface area contributed by atoms with Crippen molar-refractivity contribution >= 4 is 22.9 Å². The Kier molecular flexibility index (Phi) is 3.56. The van der Waals surface area contributed by atoms with E-state index in [-0.39, 0.29) is 6.04 Å². The number of hydrazine groups is 1. The fourth-order valence-corrected chi connectivity index (χ4v) is 2.75. The first kappa shape index (κ1) is 11.5. The third kappa shape index (κ3) is 2.25. The second-order valence-electron chi connectivity index (χ2n) is 3.42. The van der Waals surface area contributed by atoms with Crippen LogP contribution >= 0.6 is 22.9 Å². The van der Waals surface area contributed by atoms with Gasteiger partial charge in [-0.15, -0.1) is 11.3 Å². The van der Waals surface area contributed by atoms with Crippen molar-refractivity contribution < 1.29 is 0 Å². The summed E-state index contributed by atoms with van der Waals surface area (Å²) in [6.45, 7) is 1.97. The van der Waals surface area contributed by atoms with Crippen LogP contribution in [0.2, 0.25) is 4.34 Å². The molecule has 0 bridgehead atoms. The van der Waals surface area contributed by atoms with Crippen molar-refractivity contribution in [2.24, 2.45) is 5.84 Å². The highest BCUT2D eigenvalue weighted by Crippen LogP contribution is 2.31. The van der Waals surface area contributed by atoms with E-state index in [2.05, 4.69) is 10.4 Å². The maximum atomic E-state index is 5.92. The monoisotopic (exact) mass is 253 g/mol. The van der Waals surface area contributed by atoms with Gasteiger partial charge in [0.2, 0.25) is 0 Å². The SMILES string of the molecule is Cc1ncccc1C(NN)c1ccc(Cl)s1. The molecule has 1 atom stereocenters. The molecule has 0 saturated carbocycles. The van der Waals surface area contributed by atoms with Crippen LogP contribution in [0.1, 0.15) is 22.2 Å². The zero-order valence-electron chi connectivity index (χ0n) is 8.77. The maximum Gasteiger partial charge on any atom is 0.0931 e. The van der Waals surface area contributed by atoms with Gasteiger partial charge in [0.15, 0.2) is 0 Å². The molecule has 0 aliphatic rings. The molecule has 16 heavy (non-hydrogen) atoms. The van der Waals surface area contributed by atoms with Gasteiger partial charge in [-0.2, -0.15) is 0 Å². The van der Waals surface area contributed by atoms with Gasteiger partial charge in [0.05, 0.1) is 10.4 Å². The fourth-order valence-electron chi connectivity index (χ4n) is 1.61. The molecule has 84 valence electrons. The van der Waals surface area contributed by atoms with Crippen molar-refractivity contribution in [3.8, 4) is 0 Å². The standard InChI is InChI=1S/C11H12ClN3S/c1-7-8(3-2-6-14-7)11(15-13)9-4-5-10(12)16-9/h2-6,11,15H,13H2,1H3. The van der Waals surface area contributed by atoms with Crippen LogP contribution in [0.5, 0.6) is 0 Å². The van der Waals surface area contributed by atoms with Crippen molar-refractivity contribution in [3.63, 3.8) is 0 Å². The topological polar surface area (TPSA) is 50.9 Å². The van der Waals surface area contributed by atoms with Crippen LogP contribution in [0.25, 0.3) is 0 Å². The molecule has 0 aliphatic heterocycles. The summed E-state index contributed by atoms with van der Waals surface area (Å²) in [7, 11) is 0. The Morgan fingerprint density at radius 2 is 2.25 bits per heavy atom. The highest BCUT2D eigenvalue weighted by Gasteiger charge is 2.16. The molecular weight excluding hydrogens is 242 g/mol. The summed E-state index contributed by atoms with van der Waals surface area (Å²) in [5.41, 5.74) is 4.84. The maximum absolute atomic E-state index is 5.92. The number of thiophene rings is 1. The lowest BCUT2D eigenvalue weighted by Gasteiger charge is -2.16. The first-order chi connectivity index (χ1) is 7.72. The summed E-state index contributed by atoms with van der Waals surface area (Å²) in [5, 5.41) is 0. The van der Waals surface area contributed by atoms with Gasteiger partial charge >= 0.3 is 0 Å². The predicted molar refractivity (Wildman–Crippen MR) is 67.5 cm³/mol. The predicted octanol–water partition coefficient (Wildman–Crippen LogP) is 2.66. The number of hydrogen-bond donors (Lipinski definition) is 2. The number of nitrogens with two attached hydrogens (primary N) is 1. The van der Waals surface area contributed by atoms with Crippen molar-refractivity contribution in [1.82, 2.24) is 10.4 Å². The molecule has 0 aromatic carbocycles. The van der Waals surface area contributed by atoms with Crippen LogP contribution < -0.4 is 11.3 Å². The van der Waals surface area contributed by atoms with Crippen LogP contribution in [-0.2, 0) is 0 Å². The van der Waals surface area contributed by atoms with Crippen LogP contribution in [0.15, 0.2) is 30.5 Å². The zero-order valence-corrected chi connectivity index (χ0v) is 10.3. The van der Waals surface area contributed by atoms with E-state index in [0.29, 0.717) is 0 Å². The van der Waals surface area contributed by atoms with E-state index in [0.717, 1.165) is 20.5 Å². The van der Waals surface area contributed by atoms with Crippen LogP contribution in [0.4, 0.5) is 0 Å². The minimum Gasteiger partial charge on any atom is -0.271 e. The Bertz CT molecular complexity index is 484. The third-order valence-corrected chi connectivity index (χ3v) is 3.70. The number of aryl methyl sites for hydroxylation is 1. The van der Waals surface area contributed by atoms with E-state index < -0.39 is 0 Å². The molecule has 2 aromatic heterocycles. The van der Waals surface area contributed by atoms with E-state index in [9.17, 15) is 0 Å². The number of nitrogens with one attached hydrogen (secondary N) is 1. The number of hydrogen-bond acceptors (Lipinski definition) is 4. The third-order valence-electron chi connectivity index (χ3n) is 2.40. The zero-order chi connectivity index (χ0) is 11.5. The van der Waals surface area contributed by atoms with Gasteiger partial charge in [0, 0.05) is 16.8 Å². The summed E-state index contributed by atoms with van der Waals surface area (Å²) in [4.78, 5) is 5.34. The molecule has 0 amide bonds. The van der Waals surface area contributed by atoms with Crippen LogP contribution in [0, 0.1) is 6.92 Å². The minimum absolute atomic E-state index is 0.0498. The van der Waals surface area contributed by atoms with Gasteiger partial charge in [0.25, 0.3) is 0 Å². The van der Waals surface area contributed by atoms with Crippen molar-refractivity contribution in [1.29, 1.82) is 0 Å². The molecule has 5 heteroatoms. The van der Waals surface area contributed by atoms with Gasteiger partial charge in [0.1, 0.15) is 0 Å². The Balaban J connectivity index is 2.40. The van der Waals surface area contributed by atoms with Crippen molar-refractivity contribution in [3.05, 3.63) is 50.9 Å². The Labute approximate surface area is 103 Å². The molecule has 0 spiro atoms. The van der Waals surface area contributed by atoms with Crippen LogP contribution in [0.3, 0.4) is 0 Å². The van der Waals surface area contributed by atoms with Gasteiger partial charge in [-0.05, 0) is 30.7 Å². The molecule has 0 fully saturated rings. The first-order valence-corrected chi connectivity index (χ1v) is 6.04. The van der Waals surface area contributed by atoms with E-state index >= 15 is 0 Å². The quantitative estimate of drug-likeness (QED) is 0.653. The molecule has 0 aliphatic carbocycles. The molecule has 3 nitrogen and oxygen atoms in total. The molecule has 0 saturated heterocycles. The first-order valence-electron chi connectivity index (χ1n) is 4.85. The highest BCUT2D eigenvalue weighted by molar-refractivity contribution is 7.16. The van der Waals surface area contributed by atoms with E-state index in [1.807, 2.05) is 31.2 Å². The van der Waals surface area contributed by atoms with Crippen molar-refractivity contribution in [2.45, 2.75) is 13.0 Å². The molecule has 3 N–H and O–H groups in total. The lowest BCUT2D eigenvalue weighted by Crippen LogP contribution is -2.28. The van der Waals surface area contributed by atoms with Gasteiger partial charge in [-0.25, -0.2) is 5.43 Å². The number of halogens is 1. The van der Waals surface area contributed by atoms with E-state index in [4.69, 9.17) is 17.4 Å². The minimum atomic E-state index is -0.0498. The van der Waals surface area contributed by atoms with Gasteiger partial charge < -0.3 is 0 Å². The number of rotatable bonds is 3. The van der Waals surface area contributed by atoms with Gasteiger partial charge in [-0.1, -0.05) is 17.7 Å². The summed E-state index contributed by atoms with van der Waals surface area (Å²) in [5.74, 6) is 5.60. The summed E-state index contributed by atoms with van der Waals surface area (Å²) < 4.78 is 0.761. The molecule has 2 heterocycles. The average Bonchev–Trinajstić information content (AvgIpc) is 2.69. The Morgan fingerprint density at radius 1 is 1.44 bits per heavy atom. The smallest absolute Gasteiger partial charge is 0.0931 e. The summed E-state index contributed by atoms with van der Waals surface area (Å²) >= 11 is 7.44. The number of aromatic nitrogens is 1. The second-order valence-corrected chi connectivity index (χ2v) is 5.17. The van der Waals surface area contributed by atoms with Gasteiger partial charge in [-0.3, -0.25) is 10.8 Å². The molecule has 2 rings (SSSR count). The molecule has 0 radical (unpaired) electrons. The number of pyridine rings is 1. The normalized spacial score (nSPS) is 12.7. The highest BCUT2D eigenvalue weighted by atomic mass is 35.5. The summed E-state index contributed by atoms with van der Waals surface area (Å²) in [6.07, 6.45) is 1.77. The number of nitrogens with zero attached hydrogens (tertiary/aromatic N) is 1. The fraction of sp³-hybridized carbons (Fsp3) is 0.182. The molecular formula is C11H12ClN3S. The Hall–Kier alpha value is -0.940. The van der Waals surface area contributed by atoms with Crippen LogP contribution in [-0.4, -0.2) is 4.98 Å². The largest absolute Gasteiger partial charge is 0.271 e. The van der Waals surface area contributed by atoms with Crippen molar-refractivity contribution in [2.75, 3.05) is 0 Å². The second kappa shape index (κ2) is 4.93. The Morgan fingerprint density at radius 3 is 2.81 bits per heavy atom. The lowest BCUT2D eigenvalue weighted by atomic mass is 10.1. The molecule has 2 aromatic rings. The summed E-state index contributed by atoms with van der Waals surface area (Å²) in [6, 6.07) is 7.72. The lowest BCUT2D eigenvalue weighted by molar-refractivity contribution is 0.640. The average molecular weight is 254 g/mol.